The van der Waals surface area contributed by atoms with Crippen molar-refractivity contribution in [2.24, 2.45) is 0 Å². The molecule has 0 unspecified atom stereocenters. The molecule has 1 amide bonds. The number of methoxy groups -OCH3 is 2. The van der Waals surface area contributed by atoms with E-state index in [1.807, 2.05) is 0 Å². The first-order valence-electron chi connectivity index (χ1n) is 7.55. The predicted octanol–water partition coefficient (Wildman–Crippen LogP) is 2.98. The van der Waals surface area contributed by atoms with Gasteiger partial charge in [-0.1, -0.05) is 0 Å². The van der Waals surface area contributed by atoms with E-state index < -0.39 is 10.0 Å². The van der Waals surface area contributed by atoms with E-state index in [0.29, 0.717) is 30.0 Å². The van der Waals surface area contributed by atoms with Crippen LogP contribution in [0.15, 0.2) is 41.3 Å². The molecule has 0 aromatic heterocycles. The van der Waals surface area contributed by atoms with Gasteiger partial charge < -0.3 is 19.5 Å². The molecule has 0 fully saturated rings. The van der Waals surface area contributed by atoms with Crippen LogP contribution in [0.2, 0.25) is 0 Å². The summed E-state index contributed by atoms with van der Waals surface area (Å²) in [7, 11) is -0.955. The molecule has 0 aliphatic carbocycles. The van der Waals surface area contributed by atoms with Gasteiger partial charge in [0.15, 0.2) is 0 Å². The first kappa shape index (κ1) is 17.1. The number of hydrogen-bond acceptors (Lipinski definition) is 5. The lowest BCUT2D eigenvalue weighted by molar-refractivity contribution is -0.116. The summed E-state index contributed by atoms with van der Waals surface area (Å²) in [6.45, 7) is 0. The highest BCUT2D eigenvalue weighted by Gasteiger charge is 2.16. The second-order valence-corrected chi connectivity index (χ2v) is 7.11. The molecule has 1 aliphatic rings. The third-order valence-electron chi connectivity index (χ3n) is 3.83. The van der Waals surface area contributed by atoms with Gasteiger partial charge in [0.05, 0.1) is 19.1 Å². The molecule has 2 aromatic carbocycles. The molecule has 0 spiro atoms. The number of nitrogens with zero attached hydrogens (tertiary/aromatic N) is 1. The Balaban J connectivity index is 1.91. The van der Waals surface area contributed by atoms with Gasteiger partial charge in [0.2, 0.25) is 5.91 Å². The van der Waals surface area contributed by atoms with Crippen LogP contribution in [0.5, 0.6) is 11.5 Å². The van der Waals surface area contributed by atoms with E-state index in [1.165, 1.54) is 32.4 Å². The minimum Gasteiger partial charge on any atom is -0.572 e. The minimum absolute atomic E-state index is 0.0729. The Kier molecular flexibility index (Phi) is 4.54. The molecule has 0 radical (unpaired) electrons. The van der Waals surface area contributed by atoms with Crippen molar-refractivity contribution in [3.63, 3.8) is 0 Å². The van der Waals surface area contributed by atoms with Crippen LogP contribution in [-0.2, 0) is 21.2 Å². The van der Waals surface area contributed by atoms with Crippen molar-refractivity contribution in [2.75, 3.05) is 19.5 Å². The molecule has 0 bridgehead atoms. The number of anilines is 1. The molecule has 0 atom stereocenters. The number of benzene rings is 2. The summed E-state index contributed by atoms with van der Waals surface area (Å²) in [6, 6.07) is 9.22. The van der Waals surface area contributed by atoms with Gasteiger partial charge in [0.1, 0.15) is 21.5 Å². The SMILES string of the molecule is COc1cc([N-]S(=O)(=O)c2ccc3c(c2)CCC(=O)N3)cc(OC)c1. The Morgan fingerprint density at radius 1 is 1.00 bits per heavy atom. The molecule has 3 rings (SSSR count). The Labute approximate surface area is 146 Å². The third kappa shape index (κ3) is 3.69. The largest absolute Gasteiger partial charge is 0.572 e. The summed E-state index contributed by atoms with van der Waals surface area (Å²) in [6.07, 6.45) is 0.832. The Hall–Kier alpha value is -2.74. The number of amides is 1. The molecule has 132 valence electrons. The van der Waals surface area contributed by atoms with Crippen molar-refractivity contribution in [1.82, 2.24) is 0 Å². The van der Waals surface area contributed by atoms with Crippen LogP contribution in [0, 0.1) is 0 Å². The molecule has 1 aliphatic heterocycles. The van der Waals surface area contributed by atoms with Crippen molar-refractivity contribution in [1.29, 1.82) is 0 Å². The van der Waals surface area contributed by atoms with Crippen LogP contribution >= 0.6 is 0 Å². The zero-order valence-electron chi connectivity index (χ0n) is 13.8. The molecule has 1 N–H and O–H groups in total. The first-order chi connectivity index (χ1) is 11.9. The monoisotopic (exact) mass is 361 g/mol. The number of hydrogen-bond donors (Lipinski definition) is 1. The number of nitrogens with one attached hydrogen (secondary N) is 1. The third-order valence-corrected chi connectivity index (χ3v) is 5.13. The van der Waals surface area contributed by atoms with E-state index in [0.717, 1.165) is 5.56 Å². The van der Waals surface area contributed by atoms with Gasteiger partial charge in [-0.05, 0) is 42.3 Å². The van der Waals surface area contributed by atoms with Crippen LogP contribution < -0.4 is 14.8 Å². The van der Waals surface area contributed by atoms with E-state index in [1.54, 1.807) is 18.2 Å². The molecule has 0 saturated carbocycles. The number of ether oxygens (including phenoxy) is 2. The number of carbonyl (C=O) groups is 1. The summed E-state index contributed by atoms with van der Waals surface area (Å²) in [4.78, 5) is 11.5. The lowest BCUT2D eigenvalue weighted by atomic mass is 10.0. The maximum Gasteiger partial charge on any atom is 0.224 e. The molecule has 7 nitrogen and oxygen atoms in total. The number of aryl methyl sites for hydroxylation is 1. The zero-order chi connectivity index (χ0) is 18.0. The van der Waals surface area contributed by atoms with Gasteiger partial charge in [-0.25, -0.2) is 8.42 Å². The molecule has 0 saturated heterocycles. The fourth-order valence-corrected chi connectivity index (χ4v) is 3.58. The summed E-state index contributed by atoms with van der Waals surface area (Å²) in [5.41, 5.74) is 1.62. The number of fused-ring (bicyclic) bond motifs is 1. The van der Waals surface area contributed by atoms with Crippen molar-refractivity contribution in [3.8, 4) is 11.5 Å². The van der Waals surface area contributed by atoms with Crippen molar-refractivity contribution < 1.29 is 22.7 Å². The Morgan fingerprint density at radius 2 is 1.68 bits per heavy atom. The second-order valence-electron chi connectivity index (χ2n) is 5.50. The lowest BCUT2D eigenvalue weighted by Crippen LogP contribution is -2.19. The van der Waals surface area contributed by atoms with Crippen molar-refractivity contribution in [2.45, 2.75) is 17.7 Å². The molecule has 1 heterocycles. The van der Waals surface area contributed by atoms with E-state index in [-0.39, 0.29) is 16.5 Å². The van der Waals surface area contributed by atoms with E-state index in [9.17, 15) is 13.2 Å². The van der Waals surface area contributed by atoms with Crippen LogP contribution in [0.1, 0.15) is 12.0 Å². The van der Waals surface area contributed by atoms with Gasteiger partial charge in [0.25, 0.3) is 0 Å². The lowest BCUT2D eigenvalue weighted by Gasteiger charge is -2.24. The topological polar surface area (TPSA) is 95.8 Å². The zero-order valence-corrected chi connectivity index (χ0v) is 14.6. The van der Waals surface area contributed by atoms with Crippen LogP contribution in [-0.4, -0.2) is 28.5 Å². The van der Waals surface area contributed by atoms with Gasteiger partial charge in [-0.3, -0.25) is 4.79 Å². The van der Waals surface area contributed by atoms with Gasteiger partial charge in [-0.15, -0.1) is 5.69 Å². The summed E-state index contributed by atoms with van der Waals surface area (Å²) in [5, 5.41) is 2.72. The predicted molar refractivity (Wildman–Crippen MR) is 93.1 cm³/mol. The highest BCUT2D eigenvalue weighted by Crippen LogP contribution is 2.35. The smallest absolute Gasteiger partial charge is 0.224 e. The summed E-state index contributed by atoms with van der Waals surface area (Å²) in [5.74, 6) is 0.819. The molecule has 25 heavy (non-hydrogen) atoms. The summed E-state index contributed by atoms with van der Waals surface area (Å²) < 4.78 is 39.4. The maximum absolute atomic E-state index is 12.6. The normalized spacial score (nSPS) is 13.6. The van der Waals surface area contributed by atoms with Crippen LogP contribution in [0.25, 0.3) is 4.72 Å². The average Bonchev–Trinajstić information content (AvgIpc) is 2.60. The molecular formula is C17H17N2O5S-. The molecule has 2 aromatic rings. The molecular weight excluding hydrogens is 344 g/mol. The standard InChI is InChI=1S/C17H17N2O5S/c1-23-13-8-12(9-14(10-13)24-2)19-25(21,22)15-4-5-16-11(7-15)3-6-17(20)18-16/h4-5,7-10H,3,6H2,1-2H3,(H,18,20)/q-1. The molecule has 8 heteroatoms. The van der Waals surface area contributed by atoms with E-state index >= 15 is 0 Å². The fourth-order valence-electron chi connectivity index (χ4n) is 2.56. The van der Waals surface area contributed by atoms with E-state index in [2.05, 4.69) is 10.0 Å². The maximum atomic E-state index is 12.6. The first-order valence-corrected chi connectivity index (χ1v) is 8.99. The van der Waals surface area contributed by atoms with Crippen molar-refractivity contribution in [3.05, 3.63) is 46.7 Å². The number of carbonyl (C=O) groups excluding carboxylic acids is 1. The highest BCUT2D eigenvalue weighted by molar-refractivity contribution is 7.94. The highest BCUT2D eigenvalue weighted by atomic mass is 32.2. The van der Waals surface area contributed by atoms with Gasteiger partial charge >= 0.3 is 0 Å². The van der Waals surface area contributed by atoms with Gasteiger partial charge in [0, 0.05) is 18.2 Å². The van der Waals surface area contributed by atoms with E-state index in [4.69, 9.17) is 9.47 Å². The van der Waals surface area contributed by atoms with Crippen molar-refractivity contribution >= 4 is 27.3 Å². The van der Waals surface area contributed by atoms with Crippen LogP contribution in [0.4, 0.5) is 11.4 Å². The fraction of sp³-hybridized carbons (Fsp3) is 0.235. The quantitative estimate of drug-likeness (QED) is 0.883. The summed E-state index contributed by atoms with van der Waals surface area (Å²) >= 11 is 0. The van der Waals surface area contributed by atoms with Crippen LogP contribution in [0.3, 0.4) is 0 Å². The van der Waals surface area contributed by atoms with Gasteiger partial charge in [-0.2, -0.15) is 0 Å². The number of sulfonamides is 1. The Bertz CT molecular complexity index is 902. The number of rotatable bonds is 5. The second kappa shape index (κ2) is 6.64. The Morgan fingerprint density at radius 3 is 2.32 bits per heavy atom. The average molecular weight is 361 g/mol. The minimum atomic E-state index is -3.91.